The van der Waals surface area contributed by atoms with E-state index in [4.69, 9.17) is 21.3 Å². The molecule has 0 saturated heterocycles. The Kier molecular flexibility index (Phi) is 5.88. The van der Waals surface area contributed by atoms with Crippen LogP contribution in [-0.2, 0) is 11.1 Å². The molecule has 14 heavy (non-hydrogen) atoms. The molecule has 2 N–H and O–H groups in total. The van der Waals surface area contributed by atoms with Gasteiger partial charge >= 0.3 is 5.97 Å². The first-order valence-corrected chi connectivity index (χ1v) is 4.64. The van der Waals surface area contributed by atoms with Crippen LogP contribution >= 0.6 is 11.6 Å². The summed E-state index contributed by atoms with van der Waals surface area (Å²) < 4.78 is 19.3. The van der Waals surface area contributed by atoms with Crippen molar-refractivity contribution in [3.63, 3.8) is 0 Å². The Hall–Kier alpha value is 0.0900. The van der Waals surface area contributed by atoms with Crippen LogP contribution in [0.15, 0.2) is 23.1 Å². The average molecular weight is 244 g/mol. The smallest absolute Gasteiger partial charge is 0.335 e. The minimum absolute atomic E-state index is 0. The molecule has 0 aromatic heterocycles. The monoisotopic (exact) mass is 243 g/mol. The fourth-order valence-corrected chi connectivity index (χ4v) is 1.55. The molecule has 1 aromatic rings. The molecule has 1 unspecified atom stereocenters. The molecule has 1 rings (SSSR count). The molecule has 0 saturated carbocycles. The Labute approximate surface area is 110 Å². The summed E-state index contributed by atoms with van der Waals surface area (Å²) in [5.41, 5.74) is -0.0678. The topological polar surface area (TPSA) is 74.6 Å². The van der Waals surface area contributed by atoms with E-state index in [2.05, 4.69) is 0 Å². The van der Waals surface area contributed by atoms with E-state index in [9.17, 15) is 9.00 Å². The first kappa shape index (κ1) is 14.1. The Morgan fingerprint density at radius 2 is 2.00 bits per heavy atom. The van der Waals surface area contributed by atoms with Crippen LogP contribution in [0.3, 0.4) is 0 Å². The van der Waals surface area contributed by atoms with Gasteiger partial charge in [0.05, 0.1) is 15.5 Å². The molecule has 71 valence electrons. The molecular weight excluding hydrogens is 239 g/mol. The summed E-state index contributed by atoms with van der Waals surface area (Å²) in [5.74, 6) is -1.16. The summed E-state index contributed by atoms with van der Waals surface area (Å²) in [6, 6.07) is 3.61. The Balaban J connectivity index is 0.00000169. The van der Waals surface area contributed by atoms with Gasteiger partial charge in [-0.15, -0.1) is 0 Å². The van der Waals surface area contributed by atoms with Crippen molar-refractivity contribution in [3.8, 4) is 0 Å². The van der Waals surface area contributed by atoms with Crippen LogP contribution in [0.1, 0.15) is 10.4 Å². The molecule has 1 aromatic carbocycles. The molecule has 0 heterocycles. The molecular formula is C7H5ClNaO4S. The second kappa shape index (κ2) is 5.85. The van der Waals surface area contributed by atoms with Crippen molar-refractivity contribution < 1.29 is 18.7 Å². The van der Waals surface area contributed by atoms with E-state index in [0.29, 0.717) is 0 Å². The molecule has 0 amide bonds. The number of benzene rings is 1. The molecule has 4 nitrogen and oxygen atoms in total. The van der Waals surface area contributed by atoms with Crippen LogP contribution in [-0.4, -0.2) is 49.4 Å². The number of carbonyl (C=O) groups is 1. The van der Waals surface area contributed by atoms with Gasteiger partial charge in [-0.2, -0.15) is 0 Å². The molecule has 0 bridgehead atoms. The number of carboxylic acids is 1. The second-order valence-corrected chi connectivity index (χ2v) is 3.54. The molecule has 7 heteroatoms. The van der Waals surface area contributed by atoms with Crippen LogP contribution in [0, 0.1) is 0 Å². The maximum Gasteiger partial charge on any atom is 0.335 e. The first-order valence-electron chi connectivity index (χ1n) is 3.16. The predicted molar refractivity (Wildman–Crippen MR) is 53.2 cm³/mol. The molecule has 0 fully saturated rings. The summed E-state index contributed by atoms with van der Waals surface area (Å²) in [6.45, 7) is 0. The van der Waals surface area contributed by atoms with Crippen molar-refractivity contribution in [2.24, 2.45) is 0 Å². The zero-order chi connectivity index (χ0) is 10.0. The normalized spacial score (nSPS) is 11.6. The summed E-state index contributed by atoms with van der Waals surface area (Å²) in [4.78, 5) is 10.4. The number of carboxylic acid groups (broad SMARTS) is 1. The Morgan fingerprint density at radius 3 is 2.43 bits per heavy atom. The van der Waals surface area contributed by atoms with Crippen LogP contribution < -0.4 is 0 Å². The number of aromatic carboxylic acids is 1. The van der Waals surface area contributed by atoms with Gasteiger partial charge in [0.1, 0.15) is 0 Å². The van der Waals surface area contributed by atoms with Crippen molar-refractivity contribution in [1.29, 1.82) is 0 Å². The molecule has 0 aliphatic carbocycles. The van der Waals surface area contributed by atoms with E-state index in [1.807, 2.05) is 0 Å². The van der Waals surface area contributed by atoms with Gasteiger partial charge in [0.2, 0.25) is 0 Å². The zero-order valence-electron chi connectivity index (χ0n) is 7.23. The van der Waals surface area contributed by atoms with Crippen molar-refractivity contribution >= 4 is 58.2 Å². The number of rotatable bonds is 2. The van der Waals surface area contributed by atoms with Gasteiger partial charge in [-0.25, -0.2) is 9.00 Å². The third-order valence-electron chi connectivity index (χ3n) is 1.37. The number of halogens is 1. The minimum Gasteiger partial charge on any atom is -0.478 e. The maximum atomic E-state index is 10.6. The number of hydrogen-bond acceptors (Lipinski definition) is 2. The van der Waals surface area contributed by atoms with Crippen LogP contribution in [0.25, 0.3) is 0 Å². The van der Waals surface area contributed by atoms with Gasteiger partial charge in [0.25, 0.3) is 0 Å². The van der Waals surface area contributed by atoms with E-state index >= 15 is 0 Å². The zero-order valence-corrected chi connectivity index (χ0v) is 10.8. The van der Waals surface area contributed by atoms with Crippen LogP contribution in [0.4, 0.5) is 0 Å². The fraction of sp³-hybridized carbons (Fsp3) is 0. The van der Waals surface area contributed by atoms with E-state index in [0.717, 1.165) is 6.07 Å². The van der Waals surface area contributed by atoms with Gasteiger partial charge < -0.3 is 9.66 Å². The van der Waals surface area contributed by atoms with Crippen LogP contribution in [0.5, 0.6) is 0 Å². The predicted octanol–water partition coefficient (Wildman–Crippen LogP) is 1.24. The molecule has 1 atom stereocenters. The Morgan fingerprint density at radius 1 is 1.43 bits per heavy atom. The van der Waals surface area contributed by atoms with Gasteiger partial charge in [0, 0.05) is 29.6 Å². The second-order valence-electron chi connectivity index (χ2n) is 2.20. The van der Waals surface area contributed by atoms with Crippen LogP contribution in [0.2, 0.25) is 5.02 Å². The SMILES string of the molecule is O=C(O)c1ccc(Cl)c(S(=O)O)c1.[Na]. The van der Waals surface area contributed by atoms with E-state index < -0.39 is 17.0 Å². The summed E-state index contributed by atoms with van der Waals surface area (Å²) in [5, 5.41) is 8.63. The summed E-state index contributed by atoms with van der Waals surface area (Å²) >= 11 is 3.29. The van der Waals surface area contributed by atoms with Crippen molar-refractivity contribution in [2.45, 2.75) is 4.90 Å². The largest absolute Gasteiger partial charge is 0.478 e. The quantitative estimate of drug-likeness (QED) is 0.605. The molecule has 0 aliphatic heterocycles. The van der Waals surface area contributed by atoms with Crippen molar-refractivity contribution in [1.82, 2.24) is 0 Å². The molecule has 0 spiro atoms. The third-order valence-corrected chi connectivity index (χ3v) is 2.52. The van der Waals surface area contributed by atoms with Gasteiger partial charge in [0.15, 0.2) is 11.1 Å². The van der Waals surface area contributed by atoms with Gasteiger partial charge in [-0.05, 0) is 18.2 Å². The fourth-order valence-electron chi connectivity index (χ4n) is 0.770. The summed E-state index contributed by atoms with van der Waals surface area (Å²) in [7, 11) is 0. The first-order chi connectivity index (χ1) is 6.02. The minimum atomic E-state index is -2.26. The van der Waals surface area contributed by atoms with Gasteiger partial charge in [-0.1, -0.05) is 11.6 Å². The van der Waals surface area contributed by atoms with E-state index in [1.165, 1.54) is 12.1 Å². The molecule has 0 aliphatic rings. The summed E-state index contributed by atoms with van der Waals surface area (Å²) in [6.07, 6.45) is 0. The van der Waals surface area contributed by atoms with E-state index in [-0.39, 0.29) is 45.0 Å². The average Bonchev–Trinajstić information content (AvgIpc) is 2.04. The third kappa shape index (κ3) is 3.34. The standard InChI is InChI=1S/C7H5ClO4S.Na/c8-5-2-1-4(7(9)10)3-6(5)13(11)12;/h1-3H,(H,9,10)(H,11,12);. The van der Waals surface area contributed by atoms with Crippen molar-refractivity contribution in [3.05, 3.63) is 28.8 Å². The van der Waals surface area contributed by atoms with Gasteiger partial charge in [-0.3, -0.25) is 0 Å². The Bertz CT molecular complexity index is 382. The molecule has 1 radical (unpaired) electrons. The van der Waals surface area contributed by atoms with Crippen molar-refractivity contribution in [2.75, 3.05) is 0 Å². The maximum absolute atomic E-state index is 10.6. The number of hydrogen-bond donors (Lipinski definition) is 2. The van der Waals surface area contributed by atoms with E-state index in [1.54, 1.807) is 0 Å².